The number of benzene rings is 1. The number of halogens is 1. The first-order valence-corrected chi connectivity index (χ1v) is 8.22. The second-order valence-corrected chi connectivity index (χ2v) is 6.64. The molecule has 0 aromatic heterocycles. The van der Waals surface area contributed by atoms with Crippen LogP contribution in [0.15, 0.2) is 24.3 Å². The Morgan fingerprint density at radius 1 is 1.24 bits per heavy atom. The lowest BCUT2D eigenvalue weighted by atomic mass is 9.96. The molecule has 1 aromatic rings. The van der Waals surface area contributed by atoms with Crippen LogP contribution < -0.4 is 10.6 Å². The standard InChI is InChI=1S/C17H25ClN2O/c1-12(2)17(13-7-9-14(18)10-8-13)20-16(21)11-19-15-5-3-4-6-15/h7-10,12,15,17,19H,3-6,11H2,1-2H3,(H,20,21). The Morgan fingerprint density at radius 3 is 2.43 bits per heavy atom. The highest BCUT2D eigenvalue weighted by molar-refractivity contribution is 6.30. The molecule has 0 bridgehead atoms. The van der Waals surface area contributed by atoms with Crippen LogP contribution in [-0.2, 0) is 4.79 Å². The van der Waals surface area contributed by atoms with Gasteiger partial charge >= 0.3 is 0 Å². The van der Waals surface area contributed by atoms with E-state index in [4.69, 9.17) is 11.6 Å². The van der Waals surface area contributed by atoms with E-state index in [0.717, 1.165) is 10.6 Å². The first kappa shape index (κ1) is 16.3. The Kier molecular flexibility index (Phi) is 6.07. The van der Waals surface area contributed by atoms with Gasteiger partial charge in [0.15, 0.2) is 0 Å². The zero-order valence-corrected chi connectivity index (χ0v) is 13.6. The lowest BCUT2D eigenvalue weighted by Gasteiger charge is -2.23. The van der Waals surface area contributed by atoms with Crippen LogP contribution >= 0.6 is 11.6 Å². The van der Waals surface area contributed by atoms with Crippen molar-refractivity contribution in [3.63, 3.8) is 0 Å². The fourth-order valence-corrected chi connectivity index (χ4v) is 3.02. The minimum atomic E-state index is 0.0279. The molecule has 1 aliphatic rings. The first-order chi connectivity index (χ1) is 10.1. The summed E-state index contributed by atoms with van der Waals surface area (Å²) in [6.45, 7) is 4.63. The number of carbonyl (C=O) groups is 1. The van der Waals surface area contributed by atoms with Crippen LogP contribution in [0.1, 0.15) is 51.1 Å². The molecule has 1 fully saturated rings. The van der Waals surface area contributed by atoms with E-state index in [-0.39, 0.29) is 11.9 Å². The molecule has 21 heavy (non-hydrogen) atoms. The summed E-state index contributed by atoms with van der Waals surface area (Å²) in [6.07, 6.45) is 4.94. The number of hydrogen-bond donors (Lipinski definition) is 2. The molecule has 116 valence electrons. The molecule has 0 heterocycles. The van der Waals surface area contributed by atoms with Crippen LogP contribution in [0.2, 0.25) is 5.02 Å². The zero-order valence-electron chi connectivity index (χ0n) is 12.9. The molecule has 1 amide bonds. The lowest BCUT2D eigenvalue weighted by molar-refractivity contribution is -0.121. The third kappa shape index (κ3) is 5.01. The molecule has 0 aliphatic heterocycles. The van der Waals surface area contributed by atoms with Gasteiger partial charge in [0.2, 0.25) is 5.91 Å². The van der Waals surface area contributed by atoms with Crippen LogP contribution in [0.5, 0.6) is 0 Å². The minimum Gasteiger partial charge on any atom is -0.348 e. The monoisotopic (exact) mass is 308 g/mol. The van der Waals surface area contributed by atoms with Crippen molar-refractivity contribution in [2.45, 2.75) is 51.6 Å². The van der Waals surface area contributed by atoms with Crippen LogP contribution in [0.4, 0.5) is 0 Å². The van der Waals surface area contributed by atoms with E-state index in [0.29, 0.717) is 18.5 Å². The van der Waals surface area contributed by atoms with Crippen LogP contribution in [0, 0.1) is 5.92 Å². The maximum Gasteiger partial charge on any atom is 0.234 e. The molecular formula is C17H25ClN2O. The average molecular weight is 309 g/mol. The van der Waals surface area contributed by atoms with Gasteiger partial charge in [-0.05, 0) is 36.5 Å². The van der Waals surface area contributed by atoms with E-state index >= 15 is 0 Å². The van der Waals surface area contributed by atoms with Crippen molar-refractivity contribution in [1.29, 1.82) is 0 Å². The van der Waals surface area contributed by atoms with Gasteiger partial charge in [-0.15, -0.1) is 0 Å². The van der Waals surface area contributed by atoms with E-state index in [9.17, 15) is 4.79 Å². The number of hydrogen-bond acceptors (Lipinski definition) is 2. The smallest absolute Gasteiger partial charge is 0.234 e. The Labute approximate surface area is 132 Å². The van der Waals surface area contributed by atoms with E-state index < -0.39 is 0 Å². The summed E-state index contributed by atoms with van der Waals surface area (Å²) >= 11 is 5.93. The Balaban J connectivity index is 1.89. The van der Waals surface area contributed by atoms with Crippen molar-refractivity contribution in [2.75, 3.05) is 6.54 Å². The Hall–Kier alpha value is -1.06. The third-order valence-corrected chi connectivity index (χ3v) is 4.37. The molecule has 0 radical (unpaired) electrons. The summed E-state index contributed by atoms with van der Waals surface area (Å²) in [5.74, 6) is 0.400. The van der Waals surface area contributed by atoms with Gasteiger partial charge in [-0.1, -0.05) is 50.4 Å². The maximum atomic E-state index is 12.2. The molecule has 1 atom stereocenters. The van der Waals surface area contributed by atoms with E-state index in [1.165, 1.54) is 25.7 Å². The SMILES string of the molecule is CC(C)C(NC(=O)CNC1CCCC1)c1ccc(Cl)cc1. The quantitative estimate of drug-likeness (QED) is 0.841. The van der Waals surface area contributed by atoms with Crippen molar-refractivity contribution in [3.8, 4) is 0 Å². The predicted molar refractivity (Wildman–Crippen MR) is 87.4 cm³/mol. The van der Waals surface area contributed by atoms with Gasteiger partial charge in [0.1, 0.15) is 0 Å². The van der Waals surface area contributed by atoms with Crippen LogP contribution in [0.25, 0.3) is 0 Å². The Morgan fingerprint density at radius 2 is 1.86 bits per heavy atom. The molecule has 0 spiro atoms. The lowest BCUT2D eigenvalue weighted by Crippen LogP contribution is -2.40. The summed E-state index contributed by atoms with van der Waals surface area (Å²) in [5.41, 5.74) is 1.10. The van der Waals surface area contributed by atoms with Gasteiger partial charge in [0.25, 0.3) is 0 Å². The summed E-state index contributed by atoms with van der Waals surface area (Å²) in [6, 6.07) is 8.25. The van der Waals surface area contributed by atoms with Gasteiger partial charge in [-0.2, -0.15) is 0 Å². The second-order valence-electron chi connectivity index (χ2n) is 6.20. The first-order valence-electron chi connectivity index (χ1n) is 7.84. The minimum absolute atomic E-state index is 0.0279. The number of nitrogens with one attached hydrogen (secondary N) is 2. The molecule has 2 rings (SSSR count). The second kappa shape index (κ2) is 7.81. The third-order valence-electron chi connectivity index (χ3n) is 4.12. The highest BCUT2D eigenvalue weighted by atomic mass is 35.5. The molecule has 4 heteroatoms. The fraction of sp³-hybridized carbons (Fsp3) is 0.588. The van der Waals surface area contributed by atoms with Crippen molar-refractivity contribution >= 4 is 17.5 Å². The topological polar surface area (TPSA) is 41.1 Å². The van der Waals surface area contributed by atoms with Crippen molar-refractivity contribution in [2.24, 2.45) is 5.92 Å². The maximum absolute atomic E-state index is 12.2. The van der Waals surface area contributed by atoms with E-state index in [2.05, 4.69) is 24.5 Å². The normalized spacial score (nSPS) is 17.1. The van der Waals surface area contributed by atoms with E-state index in [1.54, 1.807) is 0 Å². The van der Waals surface area contributed by atoms with Crippen molar-refractivity contribution < 1.29 is 4.79 Å². The highest BCUT2D eigenvalue weighted by Crippen LogP contribution is 2.23. The summed E-state index contributed by atoms with van der Waals surface area (Å²) in [4.78, 5) is 12.2. The molecule has 0 saturated heterocycles. The molecule has 1 aliphatic carbocycles. The average Bonchev–Trinajstić information content (AvgIpc) is 2.97. The van der Waals surface area contributed by atoms with Crippen LogP contribution in [-0.4, -0.2) is 18.5 Å². The molecule has 2 N–H and O–H groups in total. The predicted octanol–water partition coefficient (Wildman–Crippen LogP) is 3.69. The van der Waals surface area contributed by atoms with E-state index in [1.807, 2.05) is 24.3 Å². The number of carbonyl (C=O) groups excluding carboxylic acids is 1. The van der Waals surface area contributed by atoms with Gasteiger partial charge in [0, 0.05) is 11.1 Å². The summed E-state index contributed by atoms with van der Waals surface area (Å²) < 4.78 is 0. The highest BCUT2D eigenvalue weighted by Gasteiger charge is 2.20. The van der Waals surface area contributed by atoms with Gasteiger partial charge < -0.3 is 10.6 Å². The van der Waals surface area contributed by atoms with Gasteiger partial charge in [0.05, 0.1) is 12.6 Å². The van der Waals surface area contributed by atoms with Crippen molar-refractivity contribution in [1.82, 2.24) is 10.6 Å². The number of rotatable bonds is 6. The summed E-state index contributed by atoms with van der Waals surface area (Å²) in [5, 5.41) is 7.20. The molecule has 1 saturated carbocycles. The molecule has 1 unspecified atom stereocenters. The van der Waals surface area contributed by atoms with Crippen molar-refractivity contribution in [3.05, 3.63) is 34.9 Å². The van der Waals surface area contributed by atoms with Gasteiger partial charge in [-0.3, -0.25) is 4.79 Å². The zero-order chi connectivity index (χ0) is 15.2. The fourth-order valence-electron chi connectivity index (χ4n) is 2.90. The van der Waals surface area contributed by atoms with Crippen LogP contribution in [0.3, 0.4) is 0 Å². The molecule has 1 aromatic carbocycles. The largest absolute Gasteiger partial charge is 0.348 e. The molecular weight excluding hydrogens is 284 g/mol. The molecule has 3 nitrogen and oxygen atoms in total. The Bertz CT molecular complexity index is 452. The van der Waals surface area contributed by atoms with Gasteiger partial charge in [-0.25, -0.2) is 0 Å². The number of amides is 1. The summed E-state index contributed by atoms with van der Waals surface area (Å²) in [7, 11) is 0.